The maximum Gasteiger partial charge on any atom is -0.0225 e. The van der Waals surface area contributed by atoms with Crippen LogP contribution >= 0.6 is 7.92 Å². The van der Waals surface area contributed by atoms with E-state index in [2.05, 4.69) is 93.6 Å². The Balaban J connectivity index is 2.10. The van der Waals surface area contributed by atoms with Gasteiger partial charge in [-0.25, -0.2) is 0 Å². The SMILES string of the molecule is Cc1ccc([PH](c2ccc(C)cc2)c2ccc(C)cc2)cc1. The first kappa shape index (κ1) is 15.0. The van der Waals surface area contributed by atoms with E-state index in [0.717, 1.165) is 0 Å². The average Bonchev–Trinajstić information content (AvgIpc) is 2.53. The van der Waals surface area contributed by atoms with E-state index in [9.17, 15) is 0 Å². The van der Waals surface area contributed by atoms with E-state index in [1.165, 1.54) is 32.6 Å². The summed E-state index contributed by atoms with van der Waals surface area (Å²) in [5, 5.41) is 4.34. The monoisotopic (exact) mass is 305 g/mol. The highest BCUT2D eigenvalue weighted by molar-refractivity contribution is 7.79. The lowest BCUT2D eigenvalue weighted by Crippen LogP contribution is -2.20. The van der Waals surface area contributed by atoms with E-state index >= 15 is 0 Å². The summed E-state index contributed by atoms with van der Waals surface area (Å²) in [6, 6.07) is 27.1. The van der Waals surface area contributed by atoms with Crippen LogP contribution in [0.5, 0.6) is 0 Å². The van der Waals surface area contributed by atoms with Crippen molar-refractivity contribution >= 4 is 23.8 Å². The molecule has 0 aliphatic carbocycles. The fourth-order valence-electron chi connectivity index (χ4n) is 2.66. The van der Waals surface area contributed by atoms with E-state index in [-0.39, 0.29) is 0 Å². The van der Waals surface area contributed by atoms with Gasteiger partial charge in [-0.1, -0.05) is 97.4 Å². The van der Waals surface area contributed by atoms with Gasteiger partial charge in [0.2, 0.25) is 0 Å². The molecule has 3 aromatic carbocycles. The van der Waals surface area contributed by atoms with Gasteiger partial charge in [0.05, 0.1) is 0 Å². The molecule has 0 aliphatic rings. The summed E-state index contributed by atoms with van der Waals surface area (Å²) in [7, 11) is -0.927. The van der Waals surface area contributed by atoms with Gasteiger partial charge in [0.15, 0.2) is 0 Å². The average molecular weight is 305 g/mol. The largest absolute Gasteiger partial charge is 0.0587 e. The second-order valence-electron chi connectivity index (χ2n) is 5.97. The van der Waals surface area contributed by atoms with Crippen molar-refractivity contribution in [1.82, 2.24) is 0 Å². The molecule has 0 spiro atoms. The predicted octanol–water partition coefficient (Wildman–Crippen LogP) is 4.10. The van der Waals surface area contributed by atoms with E-state index in [4.69, 9.17) is 0 Å². The minimum atomic E-state index is -0.927. The lowest BCUT2D eigenvalue weighted by Gasteiger charge is -2.21. The molecule has 0 bridgehead atoms. The van der Waals surface area contributed by atoms with Crippen LogP contribution in [0.4, 0.5) is 0 Å². The van der Waals surface area contributed by atoms with Crippen LogP contribution in [0, 0.1) is 20.8 Å². The maximum atomic E-state index is 2.29. The molecule has 111 valence electrons. The summed E-state index contributed by atoms with van der Waals surface area (Å²) in [5.41, 5.74) is 3.95. The zero-order valence-corrected chi connectivity index (χ0v) is 14.4. The Hall–Kier alpha value is -1.91. The molecule has 22 heavy (non-hydrogen) atoms. The summed E-state index contributed by atoms with van der Waals surface area (Å²) in [4.78, 5) is 0. The zero-order chi connectivity index (χ0) is 15.5. The van der Waals surface area contributed by atoms with Gasteiger partial charge in [0.1, 0.15) is 0 Å². The Kier molecular flexibility index (Phi) is 4.41. The number of aryl methyl sites for hydroxylation is 3. The van der Waals surface area contributed by atoms with Gasteiger partial charge < -0.3 is 0 Å². The van der Waals surface area contributed by atoms with Gasteiger partial charge >= 0.3 is 0 Å². The molecule has 0 aromatic heterocycles. The van der Waals surface area contributed by atoms with Crippen molar-refractivity contribution in [2.45, 2.75) is 20.8 Å². The van der Waals surface area contributed by atoms with Crippen molar-refractivity contribution in [2.24, 2.45) is 0 Å². The molecule has 0 unspecified atom stereocenters. The first-order chi connectivity index (χ1) is 10.6. The third-order valence-corrected chi connectivity index (χ3v) is 6.75. The Morgan fingerprint density at radius 2 is 0.636 bits per heavy atom. The molecule has 0 nitrogen and oxygen atoms in total. The van der Waals surface area contributed by atoms with Crippen molar-refractivity contribution in [1.29, 1.82) is 0 Å². The Morgan fingerprint density at radius 1 is 0.409 bits per heavy atom. The molecule has 0 saturated carbocycles. The van der Waals surface area contributed by atoms with Gasteiger partial charge in [-0.3, -0.25) is 0 Å². The lowest BCUT2D eigenvalue weighted by atomic mass is 10.2. The fraction of sp³-hybridized carbons (Fsp3) is 0.143. The van der Waals surface area contributed by atoms with E-state index in [1.54, 1.807) is 0 Å². The summed E-state index contributed by atoms with van der Waals surface area (Å²) < 4.78 is 0. The van der Waals surface area contributed by atoms with Crippen LogP contribution in [-0.4, -0.2) is 0 Å². The van der Waals surface area contributed by atoms with Crippen LogP contribution in [0.2, 0.25) is 0 Å². The summed E-state index contributed by atoms with van der Waals surface area (Å²) >= 11 is 0. The van der Waals surface area contributed by atoms with E-state index < -0.39 is 7.92 Å². The van der Waals surface area contributed by atoms with Gasteiger partial charge in [-0.15, -0.1) is 0 Å². The third kappa shape index (κ3) is 3.29. The normalized spacial score (nSPS) is 10.9. The fourth-order valence-corrected chi connectivity index (χ4v) is 5.16. The minimum Gasteiger partial charge on any atom is -0.0587 e. The van der Waals surface area contributed by atoms with Crippen molar-refractivity contribution in [3.8, 4) is 0 Å². The summed E-state index contributed by atoms with van der Waals surface area (Å²) in [6.07, 6.45) is 0. The Morgan fingerprint density at radius 3 is 0.864 bits per heavy atom. The molecule has 0 amide bonds. The van der Waals surface area contributed by atoms with E-state index in [0.29, 0.717) is 0 Å². The lowest BCUT2D eigenvalue weighted by molar-refractivity contribution is 1.48. The van der Waals surface area contributed by atoms with Gasteiger partial charge in [-0.05, 0) is 36.7 Å². The minimum absolute atomic E-state index is 0.927. The number of rotatable bonds is 3. The molecular formula is C21H22P. The third-order valence-electron chi connectivity index (χ3n) is 4.02. The highest BCUT2D eigenvalue weighted by Gasteiger charge is 2.14. The van der Waals surface area contributed by atoms with Crippen molar-refractivity contribution in [3.05, 3.63) is 89.5 Å². The number of hydrogen-bond donors (Lipinski definition) is 0. The van der Waals surface area contributed by atoms with E-state index in [1.807, 2.05) is 0 Å². The van der Waals surface area contributed by atoms with Crippen LogP contribution in [0.3, 0.4) is 0 Å². The second-order valence-corrected chi connectivity index (χ2v) is 8.46. The molecule has 0 heterocycles. The van der Waals surface area contributed by atoms with Crippen molar-refractivity contribution < 1.29 is 0 Å². The smallest absolute Gasteiger partial charge is 0.0225 e. The van der Waals surface area contributed by atoms with Gasteiger partial charge in [-0.2, -0.15) is 0 Å². The highest BCUT2D eigenvalue weighted by Crippen LogP contribution is 2.32. The Bertz CT molecular complexity index is 629. The molecule has 0 aliphatic heterocycles. The quantitative estimate of drug-likeness (QED) is 0.639. The molecule has 0 saturated heterocycles. The van der Waals surface area contributed by atoms with Crippen molar-refractivity contribution in [3.63, 3.8) is 0 Å². The topological polar surface area (TPSA) is 0 Å². The molecule has 0 N–H and O–H groups in total. The standard InChI is InChI=1S/C21H22P/c1-16-4-10-19(11-5-16)22(20-12-6-17(2)7-13-20)21-14-8-18(3)9-15-21/h4-15,22H,1-3H3. The van der Waals surface area contributed by atoms with Crippen LogP contribution in [0.25, 0.3) is 0 Å². The number of benzene rings is 3. The van der Waals surface area contributed by atoms with Crippen LogP contribution in [0.15, 0.2) is 72.8 Å². The molecule has 1 radical (unpaired) electrons. The molecule has 3 rings (SSSR count). The van der Waals surface area contributed by atoms with Gasteiger partial charge in [0, 0.05) is 0 Å². The first-order valence-corrected chi connectivity index (χ1v) is 9.21. The second kappa shape index (κ2) is 6.46. The maximum absolute atomic E-state index is 2.29. The zero-order valence-electron chi connectivity index (χ0n) is 13.4. The number of hydrogen-bond acceptors (Lipinski definition) is 0. The van der Waals surface area contributed by atoms with Crippen LogP contribution in [-0.2, 0) is 0 Å². The molecule has 0 atom stereocenters. The van der Waals surface area contributed by atoms with Crippen LogP contribution in [0.1, 0.15) is 16.7 Å². The van der Waals surface area contributed by atoms with Crippen LogP contribution < -0.4 is 15.9 Å². The first-order valence-electron chi connectivity index (χ1n) is 7.71. The van der Waals surface area contributed by atoms with Gasteiger partial charge in [0.25, 0.3) is 0 Å². The highest BCUT2D eigenvalue weighted by atomic mass is 31.1. The summed E-state index contributed by atoms with van der Waals surface area (Å²) in [6.45, 7) is 6.44. The van der Waals surface area contributed by atoms with Crippen molar-refractivity contribution in [2.75, 3.05) is 0 Å². The molecule has 1 heteroatoms. The predicted molar refractivity (Wildman–Crippen MR) is 101 cm³/mol. The molecule has 3 aromatic rings. The molecule has 0 fully saturated rings. The Labute approximate surface area is 134 Å². The summed E-state index contributed by atoms with van der Waals surface area (Å²) in [5.74, 6) is 0. The molecular weight excluding hydrogens is 283 g/mol.